The van der Waals surface area contributed by atoms with Gasteiger partial charge in [-0.2, -0.15) is 0 Å². The number of hydrogen-bond donors (Lipinski definition) is 0. The van der Waals surface area contributed by atoms with Crippen molar-refractivity contribution in [1.82, 2.24) is 4.90 Å². The summed E-state index contributed by atoms with van der Waals surface area (Å²) in [5, 5.41) is 0. The lowest BCUT2D eigenvalue weighted by molar-refractivity contribution is -0.0151. The Hall–Kier alpha value is -1.19. The highest BCUT2D eigenvalue weighted by molar-refractivity contribution is 9.10. The molecule has 0 amide bonds. The van der Waals surface area contributed by atoms with Crippen LogP contribution in [-0.2, 0) is 12.0 Å². The maximum Gasteiger partial charge on any atom is 0.124 e. The summed E-state index contributed by atoms with van der Waals surface area (Å²) in [5.41, 5.74) is 2.75. The lowest BCUT2D eigenvalue weighted by Crippen LogP contribution is -2.57. The molecule has 1 aliphatic heterocycles. The van der Waals surface area contributed by atoms with Gasteiger partial charge in [0.1, 0.15) is 5.82 Å². The number of rotatable bonds is 5. The number of hydrogen-bond acceptors (Lipinski definition) is 1. The first-order chi connectivity index (χ1) is 13.1. The smallest absolute Gasteiger partial charge is 0.124 e. The van der Waals surface area contributed by atoms with Crippen LogP contribution in [0.5, 0.6) is 0 Å². The molecule has 3 heteroatoms. The normalized spacial score (nSPS) is 28.3. The lowest BCUT2D eigenvalue weighted by atomic mass is 9.53. The second-order valence-electron chi connectivity index (χ2n) is 8.45. The molecule has 2 fully saturated rings. The van der Waals surface area contributed by atoms with Crippen molar-refractivity contribution in [3.63, 3.8) is 0 Å². The van der Waals surface area contributed by atoms with Crippen molar-refractivity contribution < 1.29 is 4.39 Å². The van der Waals surface area contributed by atoms with Crippen LogP contribution in [-0.4, -0.2) is 18.0 Å². The third kappa shape index (κ3) is 3.73. The molecule has 0 radical (unpaired) electrons. The van der Waals surface area contributed by atoms with Gasteiger partial charge in [-0.3, -0.25) is 4.90 Å². The Morgan fingerprint density at radius 3 is 2.41 bits per heavy atom. The molecule has 2 atom stereocenters. The monoisotopic (exact) mass is 429 g/mol. The number of piperidine rings is 1. The predicted octanol–water partition coefficient (Wildman–Crippen LogP) is 6.56. The summed E-state index contributed by atoms with van der Waals surface area (Å²) in [4.78, 5) is 2.64. The summed E-state index contributed by atoms with van der Waals surface area (Å²) in [6, 6.07) is 16.4. The van der Waals surface area contributed by atoms with E-state index in [-0.39, 0.29) is 11.2 Å². The maximum atomic E-state index is 14.3. The number of fused-ring (bicyclic) bond motifs is 2. The zero-order chi connectivity index (χ0) is 18.9. The molecule has 0 spiro atoms. The minimum Gasteiger partial charge on any atom is -0.298 e. The van der Waals surface area contributed by atoms with Crippen molar-refractivity contribution in [3.8, 4) is 0 Å². The van der Waals surface area contributed by atoms with E-state index >= 15 is 0 Å². The molecule has 2 aliphatic rings. The first kappa shape index (κ1) is 19.1. The molecule has 2 bridgehead atoms. The number of nitrogens with zero attached hydrogens (tertiary/aromatic N) is 1. The minimum absolute atomic E-state index is 0.111. The number of likely N-dealkylation sites (tertiary alicyclic amines) is 1. The zero-order valence-electron chi connectivity index (χ0n) is 16.1. The fourth-order valence-electron chi connectivity index (χ4n) is 5.90. The molecule has 2 aromatic rings. The number of benzene rings is 2. The van der Waals surface area contributed by atoms with Crippen molar-refractivity contribution in [1.29, 1.82) is 0 Å². The van der Waals surface area contributed by atoms with E-state index in [2.05, 4.69) is 64.2 Å². The molecule has 1 aliphatic carbocycles. The van der Waals surface area contributed by atoms with E-state index in [1.165, 1.54) is 30.4 Å². The predicted molar refractivity (Wildman–Crippen MR) is 113 cm³/mol. The van der Waals surface area contributed by atoms with Gasteiger partial charge in [-0.1, -0.05) is 66.0 Å². The summed E-state index contributed by atoms with van der Waals surface area (Å²) in [5.74, 6) is 1.12. The quantitative estimate of drug-likeness (QED) is 0.519. The average molecular weight is 430 g/mol. The van der Waals surface area contributed by atoms with Crippen molar-refractivity contribution in [2.75, 3.05) is 13.1 Å². The molecule has 1 nitrogen and oxygen atoms in total. The van der Waals surface area contributed by atoms with Crippen LogP contribution in [0.4, 0.5) is 4.39 Å². The molecule has 27 heavy (non-hydrogen) atoms. The Balaban J connectivity index is 1.67. The fraction of sp³-hybridized carbons (Fsp3) is 0.500. The minimum atomic E-state index is -0.111. The van der Waals surface area contributed by atoms with Crippen molar-refractivity contribution >= 4 is 15.9 Å². The molecule has 1 heterocycles. The van der Waals surface area contributed by atoms with Crippen LogP contribution in [0.3, 0.4) is 0 Å². The van der Waals surface area contributed by atoms with Crippen LogP contribution < -0.4 is 0 Å². The first-order valence-electron chi connectivity index (χ1n) is 10.3. The topological polar surface area (TPSA) is 3.24 Å². The van der Waals surface area contributed by atoms with Gasteiger partial charge in [-0.25, -0.2) is 4.39 Å². The highest BCUT2D eigenvalue weighted by atomic mass is 79.9. The Kier molecular flexibility index (Phi) is 5.70. The molecule has 1 saturated carbocycles. The highest BCUT2D eigenvalue weighted by Gasteiger charge is 2.51. The molecular formula is C24H29BrFN. The van der Waals surface area contributed by atoms with Gasteiger partial charge in [0, 0.05) is 29.5 Å². The summed E-state index contributed by atoms with van der Waals surface area (Å²) >= 11 is 3.54. The Morgan fingerprint density at radius 1 is 1.07 bits per heavy atom. The molecule has 4 rings (SSSR count). The van der Waals surface area contributed by atoms with Crippen LogP contribution in [0, 0.1) is 17.7 Å². The van der Waals surface area contributed by atoms with E-state index in [4.69, 9.17) is 0 Å². The number of halogens is 2. The third-order valence-electron chi connectivity index (χ3n) is 6.83. The van der Waals surface area contributed by atoms with E-state index < -0.39 is 0 Å². The molecule has 1 saturated heterocycles. The largest absolute Gasteiger partial charge is 0.298 e. The van der Waals surface area contributed by atoms with Crippen LogP contribution in [0.2, 0.25) is 0 Å². The van der Waals surface area contributed by atoms with E-state index in [9.17, 15) is 4.39 Å². The van der Waals surface area contributed by atoms with Crippen LogP contribution in [0.25, 0.3) is 0 Å². The summed E-state index contributed by atoms with van der Waals surface area (Å²) in [6.07, 6.45) is 6.15. The van der Waals surface area contributed by atoms with Gasteiger partial charge in [-0.15, -0.1) is 0 Å². The second kappa shape index (κ2) is 8.05. The molecule has 2 aromatic carbocycles. The van der Waals surface area contributed by atoms with Crippen molar-refractivity contribution in [3.05, 3.63) is 69.9 Å². The van der Waals surface area contributed by atoms with Gasteiger partial charge >= 0.3 is 0 Å². The SMILES string of the molecule is CCCC1(c2cc(F)cc(Br)c2)C2CCCC1CN(Cc1ccccc1)C2. The second-order valence-corrected chi connectivity index (χ2v) is 9.37. The Morgan fingerprint density at radius 2 is 1.78 bits per heavy atom. The average Bonchev–Trinajstić information content (AvgIpc) is 2.62. The van der Waals surface area contributed by atoms with Gasteiger partial charge in [-0.05, 0) is 60.4 Å². The van der Waals surface area contributed by atoms with Gasteiger partial charge < -0.3 is 0 Å². The molecule has 0 N–H and O–H groups in total. The maximum absolute atomic E-state index is 14.3. The van der Waals surface area contributed by atoms with E-state index in [1.54, 1.807) is 6.07 Å². The Labute approximate surface area is 171 Å². The van der Waals surface area contributed by atoms with Crippen molar-refractivity contribution in [2.45, 2.75) is 51.0 Å². The van der Waals surface area contributed by atoms with E-state index in [0.29, 0.717) is 11.8 Å². The van der Waals surface area contributed by atoms with E-state index in [1.807, 2.05) is 6.07 Å². The van der Waals surface area contributed by atoms with Gasteiger partial charge in [0.05, 0.1) is 0 Å². The third-order valence-corrected chi connectivity index (χ3v) is 7.29. The van der Waals surface area contributed by atoms with Crippen LogP contribution in [0.15, 0.2) is 53.0 Å². The summed E-state index contributed by atoms with van der Waals surface area (Å²) in [6.45, 7) is 5.56. The van der Waals surface area contributed by atoms with E-state index in [0.717, 1.165) is 36.9 Å². The summed E-state index contributed by atoms with van der Waals surface area (Å²) < 4.78 is 15.2. The summed E-state index contributed by atoms with van der Waals surface area (Å²) in [7, 11) is 0. The fourth-order valence-corrected chi connectivity index (χ4v) is 6.36. The molecule has 0 aromatic heterocycles. The van der Waals surface area contributed by atoms with Gasteiger partial charge in [0.15, 0.2) is 0 Å². The standard InChI is InChI=1S/C24H29BrFN/c1-2-11-24(21-12-22(25)14-23(26)13-21)19-9-6-10-20(24)17-27(16-19)15-18-7-4-3-5-8-18/h3-5,7-8,12-14,19-20H,2,6,9-11,15-17H2,1H3. The molecular weight excluding hydrogens is 401 g/mol. The van der Waals surface area contributed by atoms with Crippen LogP contribution in [0.1, 0.15) is 50.2 Å². The molecule has 2 unspecified atom stereocenters. The zero-order valence-corrected chi connectivity index (χ0v) is 17.7. The highest BCUT2D eigenvalue weighted by Crippen LogP contribution is 2.54. The lowest BCUT2D eigenvalue weighted by Gasteiger charge is -2.57. The van der Waals surface area contributed by atoms with Gasteiger partial charge in [0.25, 0.3) is 0 Å². The van der Waals surface area contributed by atoms with Gasteiger partial charge in [0.2, 0.25) is 0 Å². The molecule has 144 valence electrons. The van der Waals surface area contributed by atoms with Crippen molar-refractivity contribution in [2.24, 2.45) is 11.8 Å². The van der Waals surface area contributed by atoms with Crippen LogP contribution >= 0.6 is 15.9 Å². The Bertz CT molecular complexity index is 741. The first-order valence-corrected chi connectivity index (χ1v) is 11.1.